The molecule has 0 aromatic heterocycles. The maximum Gasteiger partial charge on any atom is 0.317 e. The van der Waals surface area contributed by atoms with Gasteiger partial charge in [0.2, 0.25) is 5.91 Å². The molecular weight excluding hydrogens is 901 g/mol. The van der Waals surface area contributed by atoms with Gasteiger partial charge in [-0.2, -0.15) is 0 Å². The molecule has 14 nitrogen and oxygen atoms in total. The van der Waals surface area contributed by atoms with Gasteiger partial charge in [0.05, 0.1) is 64.7 Å². The Kier molecular flexibility index (Phi) is 36.1. The summed E-state index contributed by atoms with van der Waals surface area (Å²) in [5.74, 6) is 2.56. The minimum absolute atomic E-state index is 0.00507. The van der Waals surface area contributed by atoms with Crippen molar-refractivity contribution in [3.05, 3.63) is 0 Å². The lowest BCUT2D eigenvalue weighted by molar-refractivity contribution is -0.121. The summed E-state index contributed by atoms with van der Waals surface area (Å²) >= 11 is 0. The highest BCUT2D eigenvalue weighted by atomic mass is 28.1. The maximum absolute atomic E-state index is 13.7. The molecule has 2 aliphatic rings. The molecular formula is C55H112N6O8Si. The van der Waals surface area contributed by atoms with E-state index in [-0.39, 0.29) is 47.8 Å². The molecule has 0 heterocycles. The SMILES string of the molecule is CCCCCCCCN(CCC[C@@H](C)[C@H]1CC[C@@H](C)[C@]1(C)[C@H](C[C@@H](C)[C@@]1(C)CC[C@@H](OCCCN)CC1C[C@H](C)OCN)OCCCN)C(=O)NCCOCCOCCOCCNC(=O)CCCC[SiH3]. The maximum atomic E-state index is 13.7. The molecule has 0 aliphatic heterocycles. The van der Waals surface area contributed by atoms with Crippen LogP contribution in [0.1, 0.15) is 177 Å². The molecule has 70 heavy (non-hydrogen) atoms. The van der Waals surface area contributed by atoms with Crippen molar-refractivity contribution in [2.24, 2.45) is 57.6 Å². The molecule has 2 aliphatic carbocycles. The van der Waals surface area contributed by atoms with Crippen LogP contribution in [-0.4, -0.2) is 144 Å². The van der Waals surface area contributed by atoms with Gasteiger partial charge >= 0.3 is 6.03 Å². The molecule has 2 fully saturated rings. The van der Waals surface area contributed by atoms with Crippen LogP contribution in [-0.2, 0) is 33.2 Å². The number of nitrogens with one attached hydrogen (secondary N) is 2. The van der Waals surface area contributed by atoms with Crippen LogP contribution in [0.3, 0.4) is 0 Å². The number of rotatable bonds is 44. The molecule has 0 aromatic rings. The van der Waals surface area contributed by atoms with Gasteiger partial charge in [0.15, 0.2) is 0 Å². The summed E-state index contributed by atoms with van der Waals surface area (Å²) in [4.78, 5) is 27.6. The molecule has 3 amide bonds. The van der Waals surface area contributed by atoms with E-state index in [1.165, 1.54) is 54.8 Å². The van der Waals surface area contributed by atoms with Crippen LogP contribution in [0.15, 0.2) is 0 Å². The average molecular weight is 1010 g/mol. The minimum atomic E-state index is 0.00507. The molecule has 0 aromatic carbocycles. The van der Waals surface area contributed by atoms with Crippen LogP contribution in [0, 0.1) is 40.4 Å². The Labute approximate surface area is 431 Å². The Morgan fingerprint density at radius 3 is 2.06 bits per heavy atom. The van der Waals surface area contributed by atoms with Gasteiger partial charge in [-0.15, -0.1) is 0 Å². The fourth-order valence-corrected chi connectivity index (χ4v) is 12.3. The zero-order valence-corrected chi connectivity index (χ0v) is 48.5. The minimum Gasteiger partial charge on any atom is -0.378 e. The van der Waals surface area contributed by atoms with E-state index in [4.69, 9.17) is 45.6 Å². The van der Waals surface area contributed by atoms with E-state index in [1.807, 2.05) is 0 Å². The first-order valence-electron chi connectivity index (χ1n) is 28.8. The van der Waals surface area contributed by atoms with Gasteiger partial charge in [0, 0.05) is 56.1 Å². The number of carbonyl (C=O) groups excluding carboxylic acids is 2. The lowest BCUT2D eigenvalue weighted by Gasteiger charge is -2.52. The topological polar surface area (TPSA) is 195 Å². The highest BCUT2D eigenvalue weighted by Crippen LogP contribution is 2.58. The van der Waals surface area contributed by atoms with Crippen molar-refractivity contribution < 1.29 is 38.0 Å². The largest absolute Gasteiger partial charge is 0.378 e. The highest BCUT2D eigenvalue weighted by Gasteiger charge is 2.53. The van der Waals surface area contributed by atoms with E-state index in [9.17, 15) is 9.59 Å². The van der Waals surface area contributed by atoms with Gasteiger partial charge in [0.25, 0.3) is 0 Å². The first-order chi connectivity index (χ1) is 33.8. The molecule has 0 spiro atoms. The quantitative estimate of drug-likeness (QED) is 0.0226. The van der Waals surface area contributed by atoms with Crippen molar-refractivity contribution in [1.82, 2.24) is 15.5 Å². The van der Waals surface area contributed by atoms with Crippen molar-refractivity contribution in [3.63, 3.8) is 0 Å². The molecule has 414 valence electrons. The van der Waals surface area contributed by atoms with Gasteiger partial charge in [-0.25, -0.2) is 4.79 Å². The van der Waals surface area contributed by atoms with Crippen molar-refractivity contribution in [2.75, 3.05) is 98.9 Å². The number of hydrogen-bond donors (Lipinski definition) is 5. The predicted molar refractivity (Wildman–Crippen MR) is 291 cm³/mol. The van der Waals surface area contributed by atoms with Crippen molar-refractivity contribution in [2.45, 2.75) is 201 Å². The summed E-state index contributed by atoms with van der Waals surface area (Å²) in [5, 5.41) is 6.06. The number of ether oxygens (including phenoxy) is 6. The zero-order chi connectivity index (χ0) is 51.5. The number of carbonyl (C=O) groups is 2. The van der Waals surface area contributed by atoms with Crippen molar-refractivity contribution in [3.8, 4) is 0 Å². The van der Waals surface area contributed by atoms with E-state index in [2.05, 4.69) is 64.0 Å². The van der Waals surface area contributed by atoms with Crippen molar-refractivity contribution >= 4 is 22.2 Å². The summed E-state index contributed by atoms with van der Waals surface area (Å²) in [5.41, 5.74) is 17.9. The summed E-state index contributed by atoms with van der Waals surface area (Å²) in [6.07, 6.45) is 21.8. The third kappa shape index (κ3) is 24.8. The molecule has 1 unspecified atom stereocenters. The van der Waals surface area contributed by atoms with Gasteiger partial charge in [-0.3, -0.25) is 4.79 Å². The van der Waals surface area contributed by atoms with E-state index in [0.29, 0.717) is 108 Å². The monoisotopic (exact) mass is 1010 g/mol. The lowest BCUT2D eigenvalue weighted by atomic mass is 9.56. The molecule has 8 N–H and O–H groups in total. The third-order valence-corrected chi connectivity index (χ3v) is 17.4. The van der Waals surface area contributed by atoms with E-state index in [0.717, 1.165) is 103 Å². The molecule has 0 radical (unpaired) electrons. The van der Waals surface area contributed by atoms with Crippen LogP contribution in [0.2, 0.25) is 6.04 Å². The third-order valence-electron chi connectivity index (χ3n) is 16.7. The second-order valence-electron chi connectivity index (χ2n) is 21.8. The first-order valence-corrected chi connectivity index (χ1v) is 30.2. The van der Waals surface area contributed by atoms with Gasteiger partial charge < -0.3 is 61.2 Å². The summed E-state index contributed by atoms with van der Waals surface area (Å²) in [7, 11) is 1.20. The predicted octanol–water partition coefficient (Wildman–Crippen LogP) is 7.96. The number of amides is 3. The Bertz CT molecular complexity index is 1310. The van der Waals surface area contributed by atoms with Crippen LogP contribution in [0.4, 0.5) is 4.79 Å². The second-order valence-corrected chi connectivity index (χ2v) is 22.8. The fraction of sp³-hybridized carbons (Fsp3) is 0.964. The van der Waals surface area contributed by atoms with Crippen LogP contribution >= 0.6 is 0 Å². The second kappa shape index (κ2) is 39.1. The smallest absolute Gasteiger partial charge is 0.317 e. The highest BCUT2D eigenvalue weighted by molar-refractivity contribution is 6.08. The average Bonchev–Trinajstić information content (AvgIpc) is 3.65. The van der Waals surface area contributed by atoms with Crippen LogP contribution < -0.4 is 27.8 Å². The van der Waals surface area contributed by atoms with Gasteiger partial charge in [-0.1, -0.05) is 86.1 Å². The molecule has 0 bridgehead atoms. The van der Waals surface area contributed by atoms with Crippen molar-refractivity contribution in [1.29, 1.82) is 0 Å². The number of nitrogens with zero attached hydrogens (tertiary/aromatic N) is 1. The Morgan fingerprint density at radius 1 is 0.743 bits per heavy atom. The Hall–Kier alpha value is -1.40. The number of hydrogen-bond acceptors (Lipinski definition) is 11. The molecule has 2 rings (SSSR count). The lowest BCUT2D eigenvalue weighted by Crippen LogP contribution is -2.48. The number of urea groups is 1. The summed E-state index contributed by atoms with van der Waals surface area (Å²) in [6, 6.07) is 1.25. The standard InChI is InChI=1S/C55H112N6O8Si/c1-8-9-10-11-12-14-29-61(53(63)60-28-34-65-36-38-66-37-35-64-33-27-59-52(62)20-13-15-39-70)30-16-19-44(2)50-22-21-45(3)55(50,7)51(68-32-18-26-57)40-46(4)54(6)24-23-49(67-31-17-25-56)42-48(54)41-47(5)69-43-58/h44-51H,8-43,56-58H2,1-7,70H3,(H,59,62)(H,60,63)/t44-,45-,46-,47+,48?,49-,50-,51+,54-,55+/m1/s1. The fourth-order valence-electron chi connectivity index (χ4n) is 11.8. The van der Waals surface area contributed by atoms with E-state index >= 15 is 0 Å². The molecule has 15 heteroatoms. The Balaban J connectivity index is 2.00. The van der Waals surface area contributed by atoms with E-state index in [1.54, 1.807) is 0 Å². The first kappa shape index (κ1) is 64.7. The van der Waals surface area contributed by atoms with Gasteiger partial charge in [-0.05, 0) is 144 Å². The van der Waals surface area contributed by atoms with Gasteiger partial charge in [0.1, 0.15) is 0 Å². The zero-order valence-electron chi connectivity index (χ0n) is 46.5. The normalized spacial score (nSPS) is 24.4. The van der Waals surface area contributed by atoms with Crippen LogP contribution in [0.5, 0.6) is 0 Å². The molecule has 2 saturated carbocycles. The summed E-state index contributed by atoms with van der Waals surface area (Å²) in [6.45, 7) is 25.2. The number of nitrogens with two attached hydrogens (primary N) is 3. The van der Waals surface area contributed by atoms with E-state index < -0.39 is 0 Å². The molecule has 0 saturated heterocycles. The number of unbranched alkanes of at least 4 members (excludes halogenated alkanes) is 6. The Morgan fingerprint density at radius 2 is 1.39 bits per heavy atom. The molecule has 10 atom stereocenters. The summed E-state index contributed by atoms with van der Waals surface area (Å²) < 4.78 is 36.5. The van der Waals surface area contributed by atoms with Crippen LogP contribution in [0.25, 0.3) is 0 Å².